The summed E-state index contributed by atoms with van der Waals surface area (Å²) in [5, 5.41) is 3.27. The molecule has 1 aliphatic heterocycles. The Morgan fingerprint density at radius 2 is 2.03 bits per heavy atom. The molecule has 33 heavy (non-hydrogen) atoms. The van der Waals surface area contributed by atoms with Crippen molar-refractivity contribution >= 4 is 11.7 Å². The lowest BCUT2D eigenvalue weighted by Crippen LogP contribution is -2.43. The average Bonchev–Trinajstić information content (AvgIpc) is 2.84. The minimum atomic E-state index is -0.0234. The van der Waals surface area contributed by atoms with Crippen molar-refractivity contribution < 1.29 is 20.5 Å². The van der Waals surface area contributed by atoms with Crippen molar-refractivity contribution in [1.82, 2.24) is 10.2 Å². The lowest BCUT2D eigenvalue weighted by molar-refractivity contribution is -0.131. The van der Waals surface area contributed by atoms with E-state index in [4.69, 9.17) is 9.47 Å². The molecule has 0 saturated carbocycles. The van der Waals surface area contributed by atoms with Gasteiger partial charge < -0.3 is 19.7 Å². The Morgan fingerprint density at radius 1 is 1.21 bits per heavy atom. The van der Waals surface area contributed by atoms with Gasteiger partial charge in [-0.2, -0.15) is 0 Å². The number of carbonyl (C=O) groups excluding carboxylic acids is 2. The number of nitrogens with zero attached hydrogens (tertiary/aromatic N) is 1. The number of piperidine rings is 1. The number of benzene rings is 2. The largest absolute Gasteiger partial charge is 0.497 e. The first-order valence-electron chi connectivity index (χ1n) is 11.8. The van der Waals surface area contributed by atoms with E-state index in [1.807, 2.05) is 62.1 Å². The van der Waals surface area contributed by atoms with Gasteiger partial charge in [-0.25, -0.2) is 0 Å². The average molecular weight is 455 g/mol. The summed E-state index contributed by atoms with van der Waals surface area (Å²) in [6.07, 6.45) is 1.99. The van der Waals surface area contributed by atoms with E-state index in [9.17, 15) is 9.59 Å². The van der Waals surface area contributed by atoms with Gasteiger partial charge in [-0.05, 0) is 37.5 Å². The van der Waals surface area contributed by atoms with Gasteiger partial charge in [0, 0.05) is 50.1 Å². The lowest BCUT2D eigenvalue weighted by atomic mass is 9.88. The van der Waals surface area contributed by atoms with Crippen molar-refractivity contribution in [2.45, 2.75) is 46.1 Å². The van der Waals surface area contributed by atoms with Crippen molar-refractivity contribution in [1.29, 1.82) is 0 Å². The van der Waals surface area contributed by atoms with Crippen LogP contribution in [0, 0.1) is 5.92 Å². The van der Waals surface area contributed by atoms with Gasteiger partial charge in [-0.3, -0.25) is 9.59 Å². The Balaban J connectivity index is 0.00000408. The number of likely N-dealkylation sites (tertiary alicyclic amines) is 1. The molecule has 2 aromatic carbocycles. The topological polar surface area (TPSA) is 67.9 Å². The molecule has 2 aromatic rings. The molecule has 1 N–H and O–H groups in total. The molecule has 0 aliphatic carbocycles. The van der Waals surface area contributed by atoms with E-state index in [1.165, 1.54) is 0 Å². The Morgan fingerprint density at radius 3 is 2.76 bits per heavy atom. The number of nitrogens with one attached hydrogen (secondary N) is 1. The predicted molar refractivity (Wildman–Crippen MR) is 132 cm³/mol. The van der Waals surface area contributed by atoms with Gasteiger partial charge in [0.15, 0.2) is 5.78 Å². The van der Waals surface area contributed by atoms with Crippen molar-refractivity contribution in [3.63, 3.8) is 0 Å². The van der Waals surface area contributed by atoms with Crippen LogP contribution in [-0.4, -0.2) is 49.9 Å². The number of ketones is 1. The fraction of sp³-hybridized carbons (Fsp3) is 0.481. The van der Waals surface area contributed by atoms with E-state index in [1.54, 1.807) is 7.11 Å². The van der Waals surface area contributed by atoms with Crippen LogP contribution in [0.2, 0.25) is 0 Å². The standard InChI is InChI=1S/C27H36N2O4.H2/c1-5-33-25-15-24(32-4)12-11-22(25)16-28-17-26(30)29-13-7-10-23(18-29)20-8-6-9-21(14-20)27(31)19(2)3;/h6,8-9,11-12,14-15,19,23,28H,5,7,10,13,16-18H2,1-4H3;1H. The molecule has 3 rings (SSSR count). The van der Waals surface area contributed by atoms with Crippen LogP contribution in [0.5, 0.6) is 11.5 Å². The molecule has 0 bridgehead atoms. The molecule has 1 heterocycles. The predicted octanol–water partition coefficient (Wildman–Crippen LogP) is 4.67. The molecule has 1 atom stereocenters. The second-order valence-electron chi connectivity index (χ2n) is 8.83. The number of rotatable bonds is 10. The number of hydrogen-bond acceptors (Lipinski definition) is 5. The van der Waals surface area contributed by atoms with Crippen molar-refractivity contribution in [3.05, 3.63) is 59.2 Å². The minimum absolute atomic E-state index is 0. The highest BCUT2D eigenvalue weighted by Gasteiger charge is 2.25. The SMILES string of the molecule is CCOc1cc(OC)ccc1CNCC(=O)N1CCCC(c2cccc(C(=O)C(C)C)c2)C1.[HH]. The zero-order valence-electron chi connectivity index (χ0n) is 20.2. The van der Waals surface area contributed by atoms with Gasteiger partial charge in [0.1, 0.15) is 11.5 Å². The van der Waals surface area contributed by atoms with E-state index in [2.05, 4.69) is 11.4 Å². The first-order valence-corrected chi connectivity index (χ1v) is 11.8. The Kier molecular flexibility index (Phi) is 8.89. The smallest absolute Gasteiger partial charge is 0.236 e. The molecule has 1 saturated heterocycles. The summed E-state index contributed by atoms with van der Waals surface area (Å²) >= 11 is 0. The molecule has 1 unspecified atom stereocenters. The van der Waals surface area contributed by atoms with Crippen molar-refractivity contribution in [2.24, 2.45) is 5.92 Å². The molecule has 1 aliphatic rings. The summed E-state index contributed by atoms with van der Waals surface area (Å²) in [6.45, 7) is 8.64. The van der Waals surface area contributed by atoms with Gasteiger partial charge in [-0.15, -0.1) is 0 Å². The first kappa shape index (κ1) is 24.8. The van der Waals surface area contributed by atoms with Crippen LogP contribution in [0.25, 0.3) is 0 Å². The molecule has 6 heteroatoms. The van der Waals surface area contributed by atoms with Crippen LogP contribution in [0.3, 0.4) is 0 Å². The highest BCUT2D eigenvalue weighted by atomic mass is 16.5. The molecule has 0 spiro atoms. The van der Waals surface area contributed by atoms with E-state index in [-0.39, 0.29) is 31.5 Å². The fourth-order valence-electron chi connectivity index (χ4n) is 4.27. The third-order valence-electron chi connectivity index (χ3n) is 6.11. The molecule has 180 valence electrons. The van der Waals surface area contributed by atoms with E-state index in [0.717, 1.165) is 47.6 Å². The number of methoxy groups -OCH3 is 1. The van der Waals surface area contributed by atoms with Crippen LogP contribution < -0.4 is 14.8 Å². The number of ether oxygens (including phenoxy) is 2. The Hall–Kier alpha value is -2.86. The zero-order valence-corrected chi connectivity index (χ0v) is 20.2. The molecule has 0 aromatic heterocycles. The zero-order chi connectivity index (χ0) is 23.8. The van der Waals surface area contributed by atoms with E-state index in [0.29, 0.717) is 19.7 Å². The maximum Gasteiger partial charge on any atom is 0.236 e. The van der Waals surface area contributed by atoms with E-state index >= 15 is 0 Å². The van der Waals surface area contributed by atoms with Crippen LogP contribution in [-0.2, 0) is 11.3 Å². The third-order valence-corrected chi connectivity index (χ3v) is 6.11. The quantitative estimate of drug-likeness (QED) is 0.528. The first-order chi connectivity index (χ1) is 15.9. The summed E-state index contributed by atoms with van der Waals surface area (Å²) < 4.78 is 11.0. The van der Waals surface area contributed by atoms with Gasteiger partial charge >= 0.3 is 0 Å². The van der Waals surface area contributed by atoms with Crippen molar-refractivity contribution in [3.8, 4) is 11.5 Å². The Bertz CT molecular complexity index is 963. The van der Waals surface area contributed by atoms with Gasteiger partial charge in [-0.1, -0.05) is 38.1 Å². The van der Waals surface area contributed by atoms with Crippen LogP contribution in [0.15, 0.2) is 42.5 Å². The molecule has 1 fully saturated rings. The highest BCUT2D eigenvalue weighted by Crippen LogP contribution is 2.28. The lowest BCUT2D eigenvalue weighted by Gasteiger charge is -2.33. The van der Waals surface area contributed by atoms with Crippen LogP contribution >= 0.6 is 0 Å². The second kappa shape index (κ2) is 11.8. The van der Waals surface area contributed by atoms with E-state index < -0.39 is 0 Å². The number of hydrogen-bond donors (Lipinski definition) is 1. The van der Waals surface area contributed by atoms with Gasteiger partial charge in [0.2, 0.25) is 5.91 Å². The molecular formula is C27H38N2O4. The molecule has 1 amide bonds. The number of Topliss-reactive ketones (excluding diaryl/α,β-unsaturated/α-hetero) is 1. The van der Waals surface area contributed by atoms with Crippen LogP contribution in [0.4, 0.5) is 0 Å². The maximum absolute atomic E-state index is 12.9. The maximum atomic E-state index is 12.9. The minimum Gasteiger partial charge on any atom is -0.497 e. The summed E-state index contributed by atoms with van der Waals surface area (Å²) in [4.78, 5) is 27.2. The molecular weight excluding hydrogens is 416 g/mol. The molecule has 0 radical (unpaired) electrons. The number of amides is 1. The summed E-state index contributed by atoms with van der Waals surface area (Å²) in [5.41, 5.74) is 2.90. The van der Waals surface area contributed by atoms with Gasteiger partial charge in [0.05, 0.1) is 20.3 Å². The van der Waals surface area contributed by atoms with Crippen molar-refractivity contribution in [2.75, 3.05) is 33.4 Å². The second-order valence-corrected chi connectivity index (χ2v) is 8.83. The molecule has 6 nitrogen and oxygen atoms in total. The monoisotopic (exact) mass is 454 g/mol. The highest BCUT2D eigenvalue weighted by molar-refractivity contribution is 5.97. The third kappa shape index (κ3) is 6.57. The van der Waals surface area contributed by atoms with Gasteiger partial charge in [0.25, 0.3) is 0 Å². The Labute approximate surface area is 198 Å². The summed E-state index contributed by atoms with van der Waals surface area (Å²) in [5.74, 6) is 2.01. The number of carbonyl (C=O) groups is 2. The fourth-order valence-corrected chi connectivity index (χ4v) is 4.27. The summed E-state index contributed by atoms with van der Waals surface area (Å²) in [6, 6.07) is 13.7. The van der Waals surface area contributed by atoms with Crippen LogP contribution in [0.1, 0.15) is 62.4 Å². The normalized spacial score (nSPS) is 16.0. The summed E-state index contributed by atoms with van der Waals surface area (Å²) in [7, 11) is 1.63.